The molecule has 0 bridgehead atoms. The zero-order chi connectivity index (χ0) is 19.6. The summed E-state index contributed by atoms with van der Waals surface area (Å²) < 4.78 is 27.0. The number of rotatable bonds is 6. The molecule has 2 heterocycles. The van der Waals surface area contributed by atoms with Crippen LogP contribution in [-0.2, 0) is 15.6 Å². The number of benzene rings is 2. The first-order chi connectivity index (χ1) is 13.6. The lowest BCUT2D eigenvalue weighted by molar-refractivity contribution is 0.111. The number of hydrogen-bond donors (Lipinski definition) is 0. The summed E-state index contributed by atoms with van der Waals surface area (Å²) in [5, 5.41) is 2.57. The predicted octanol–water partition coefficient (Wildman–Crippen LogP) is 4.39. The molecule has 0 saturated carbocycles. The van der Waals surface area contributed by atoms with Crippen LogP contribution in [-0.4, -0.2) is 24.3 Å². The van der Waals surface area contributed by atoms with Crippen LogP contribution in [0.25, 0.3) is 16.4 Å². The van der Waals surface area contributed by atoms with Gasteiger partial charge >= 0.3 is 0 Å². The van der Waals surface area contributed by atoms with Gasteiger partial charge in [0.05, 0.1) is 22.0 Å². The minimum Gasteiger partial charge on any atom is -0.296 e. The van der Waals surface area contributed by atoms with E-state index in [1.807, 2.05) is 23.6 Å². The van der Waals surface area contributed by atoms with Gasteiger partial charge in [-0.3, -0.25) is 9.36 Å². The Labute approximate surface area is 166 Å². The molecule has 2 aromatic carbocycles. The third-order valence-corrected chi connectivity index (χ3v) is 6.85. The predicted molar refractivity (Wildman–Crippen MR) is 110 cm³/mol. The Kier molecular flexibility index (Phi) is 4.93. The molecule has 4 rings (SSSR count). The van der Waals surface area contributed by atoms with Crippen molar-refractivity contribution in [2.45, 2.75) is 10.6 Å². The van der Waals surface area contributed by atoms with E-state index in [9.17, 15) is 13.2 Å². The highest BCUT2D eigenvalue weighted by Crippen LogP contribution is 2.26. The second kappa shape index (κ2) is 7.53. The van der Waals surface area contributed by atoms with Crippen molar-refractivity contribution in [3.63, 3.8) is 0 Å². The third-order valence-electron chi connectivity index (χ3n) is 4.31. The summed E-state index contributed by atoms with van der Waals surface area (Å²) in [6.07, 6.45) is 2.57. The standard InChI is InChI=1S/C21H16N2O3S2/c24-13-18-7-4-12-23(18)21-22-20(14-27-21)17-8-10-19(11-9-17)28(25,26)15-16-5-2-1-3-6-16/h1-14H,15H2. The van der Waals surface area contributed by atoms with Gasteiger partial charge in [0.1, 0.15) is 0 Å². The Hall–Kier alpha value is -3.03. The van der Waals surface area contributed by atoms with E-state index in [0.29, 0.717) is 10.8 Å². The lowest BCUT2D eigenvalue weighted by Gasteiger charge is -2.06. The molecule has 4 aromatic rings. The molecule has 140 valence electrons. The molecule has 0 aliphatic heterocycles. The number of nitrogens with zero attached hydrogens (tertiary/aromatic N) is 2. The van der Waals surface area contributed by atoms with Crippen LogP contribution in [0.2, 0.25) is 0 Å². The Balaban J connectivity index is 1.58. The molecule has 0 N–H and O–H groups in total. The van der Waals surface area contributed by atoms with Gasteiger partial charge in [-0.15, -0.1) is 11.3 Å². The molecule has 0 fully saturated rings. The fourth-order valence-corrected chi connectivity index (χ4v) is 5.07. The van der Waals surface area contributed by atoms with Crippen molar-refractivity contribution in [3.05, 3.63) is 89.6 Å². The second-order valence-corrected chi connectivity index (χ2v) is 9.03. The summed E-state index contributed by atoms with van der Waals surface area (Å²) in [7, 11) is -3.41. The maximum absolute atomic E-state index is 12.6. The van der Waals surface area contributed by atoms with Gasteiger partial charge in [-0.25, -0.2) is 13.4 Å². The largest absolute Gasteiger partial charge is 0.296 e. The zero-order valence-corrected chi connectivity index (χ0v) is 16.4. The number of carbonyl (C=O) groups is 1. The van der Waals surface area contributed by atoms with Gasteiger partial charge in [-0.2, -0.15) is 0 Å². The molecule has 2 aromatic heterocycles. The minimum absolute atomic E-state index is 0.0316. The topological polar surface area (TPSA) is 69.0 Å². The molecular weight excluding hydrogens is 392 g/mol. The van der Waals surface area contributed by atoms with Crippen molar-refractivity contribution >= 4 is 27.5 Å². The maximum Gasteiger partial charge on any atom is 0.194 e. The number of sulfone groups is 1. The highest BCUT2D eigenvalue weighted by molar-refractivity contribution is 7.90. The minimum atomic E-state index is -3.41. The summed E-state index contributed by atoms with van der Waals surface area (Å²) in [5.41, 5.74) is 2.84. The van der Waals surface area contributed by atoms with Crippen molar-refractivity contribution in [2.24, 2.45) is 0 Å². The van der Waals surface area contributed by atoms with Crippen molar-refractivity contribution in [2.75, 3.05) is 0 Å². The van der Waals surface area contributed by atoms with E-state index in [0.717, 1.165) is 23.1 Å². The van der Waals surface area contributed by atoms with E-state index < -0.39 is 9.84 Å². The Morgan fingerprint density at radius 1 is 0.964 bits per heavy atom. The first kappa shape index (κ1) is 18.3. The van der Waals surface area contributed by atoms with Crippen LogP contribution in [0.3, 0.4) is 0 Å². The van der Waals surface area contributed by atoms with Crippen LogP contribution in [0.15, 0.2) is 83.2 Å². The van der Waals surface area contributed by atoms with E-state index in [-0.39, 0.29) is 10.6 Å². The third kappa shape index (κ3) is 3.67. The molecule has 0 amide bonds. The molecule has 0 radical (unpaired) electrons. The smallest absolute Gasteiger partial charge is 0.194 e. The first-order valence-electron chi connectivity index (χ1n) is 8.52. The Morgan fingerprint density at radius 3 is 2.43 bits per heavy atom. The van der Waals surface area contributed by atoms with Crippen molar-refractivity contribution in [3.8, 4) is 16.4 Å². The number of thiazole rings is 1. The van der Waals surface area contributed by atoms with Gasteiger partial charge in [0.15, 0.2) is 21.3 Å². The molecule has 0 aliphatic carbocycles. The maximum atomic E-state index is 12.6. The molecule has 7 heteroatoms. The number of hydrogen-bond acceptors (Lipinski definition) is 5. The molecule has 0 aliphatic rings. The van der Waals surface area contributed by atoms with E-state index in [1.54, 1.807) is 59.3 Å². The van der Waals surface area contributed by atoms with Crippen molar-refractivity contribution in [1.82, 2.24) is 9.55 Å². The number of aldehydes is 1. The van der Waals surface area contributed by atoms with Crippen LogP contribution in [0, 0.1) is 0 Å². The highest BCUT2D eigenvalue weighted by atomic mass is 32.2. The van der Waals surface area contributed by atoms with Gasteiger partial charge < -0.3 is 0 Å². The molecule has 28 heavy (non-hydrogen) atoms. The summed E-state index contributed by atoms with van der Waals surface area (Å²) >= 11 is 1.42. The van der Waals surface area contributed by atoms with Gasteiger partial charge in [0, 0.05) is 17.1 Å². The van der Waals surface area contributed by atoms with Crippen LogP contribution < -0.4 is 0 Å². The van der Waals surface area contributed by atoms with Crippen molar-refractivity contribution < 1.29 is 13.2 Å². The fraction of sp³-hybridized carbons (Fsp3) is 0.0476. The van der Waals surface area contributed by atoms with Crippen molar-refractivity contribution in [1.29, 1.82) is 0 Å². The quantitative estimate of drug-likeness (QED) is 0.444. The molecule has 0 atom stereocenters. The van der Waals surface area contributed by atoms with E-state index in [2.05, 4.69) is 4.98 Å². The molecular formula is C21H16N2O3S2. The summed E-state index contributed by atoms with van der Waals surface area (Å²) in [5.74, 6) is -0.0316. The van der Waals surface area contributed by atoms with Crippen LogP contribution >= 0.6 is 11.3 Å². The fourth-order valence-electron chi connectivity index (χ4n) is 2.88. The normalized spacial score (nSPS) is 11.4. The summed E-state index contributed by atoms with van der Waals surface area (Å²) in [6.45, 7) is 0. The van der Waals surface area contributed by atoms with Crippen LogP contribution in [0.5, 0.6) is 0 Å². The average Bonchev–Trinajstić information content (AvgIpc) is 3.37. The monoisotopic (exact) mass is 408 g/mol. The Morgan fingerprint density at radius 2 is 1.71 bits per heavy atom. The molecule has 0 unspecified atom stereocenters. The molecule has 0 saturated heterocycles. The zero-order valence-electron chi connectivity index (χ0n) is 14.7. The van der Waals surface area contributed by atoms with Gasteiger partial charge in [-0.05, 0) is 29.8 Å². The number of carbonyl (C=O) groups excluding carboxylic acids is 1. The van der Waals surface area contributed by atoms with E-state index in [4.69, 9.17) is 0 Å². The lowest BCUT2D eigenvalue weighted by atomic mass is 10.2. The van der Waals surface area contributed by atoms with Crippen LogP contribution in [0.4, 0.5) is 0 Å². The first-order valence-corrected chi connectivity index (χ1v) is 11.1. The molecule has 5 nitrogen and oxygen atoms in total. The van der Waals surface area contributed by atoms with Gasteiger partial charge in [0.25, 0.3) is 0 Å². The number of aromatic nitrogens is 2. The second-order valence-electron chi connectivity index (χ2n) is 6.21. The van der Waals surface area contributed by atoms with Gasteiger partial charge in [0.2, 0.25) is 0 Å². The summed E-state index contributed by atoms with van der Waals surface area (Å²) in [4.78, 5) is 15.9. The SMILES string of the molecule is O=Cc1cccn1-c1nc(-c2ccc(S(=O)(=O)Cc3ccccc3)cc2)cs1. The summed E-state index contributed by atoms with van der Waals surface area (Å²) in [6, 6.07) is 19.4. The molecule has 0 spiro atoms. The lowest BCUT2D eigenvalue weighted by Crippen LogP contribution is -2.04. The van der Waals surface area contributed by atoms with E-state index >= 15 is 0 Å². The highest BCUT2D eigenvalue weighted by Gasteiger charge is 2.16. The average molecular weight is 409 g/mol. The van der Waals surface area contributed by atoms with Crippen LogP contribution in [0.1, 0.15) is 16.1 Å². The Bertz CT molecular complexity index is 1210. The van der Waals surface area contributed by atoms with Gasteiger partial charge in [-0.1, -0.05) is 42.5 Å². The van der Waals surface area contributed by atoms with E-state index in [1.165, 1.54) is 11.3 Å².